The highest BCUT2D eigenvalue weighted by atomic mass is 35.5. The van der Waals surface area contributed by atoms with Gasteiger partial charge >= 0.3 is 0 Å². The minimum atomic E-state index is -0.294. The molecule has 0 N–H and O–H groups in total. The number of nitrogens with zero attached hydrogens (tertiary/aromatic N) is 1. The van der Waals surface area contributed by atoms with Crippen LogP contribution < -0.4 is 4.74 Å². The van der Waals surface area contributed by atoms with E-state index in [9.17, 15) is 9.18 Å². The molecule has 4 rings (SSSR count). The van der Waals surface area contributed by atoms with Crippen LogP contribution in [-0.2, 0) is 13.0 Å². The second kappa shape index (κ2) is 9.27. The summed E-state index contributed by atoms with van der Waals surface area (Å²) in [6.07, 6.45) is 6.21. The smallest absolute Gasteiger partial charge is 0.183 e. The van der Waals surface area contributed by atoms with E-state index in [1.54, 1.807) is 12.1 Å². The maximum absolute atomic E-state index is 13.5. The molecular weight excluding hydrogens is 389 g/mol. The van der Waals surface area contributed by atoms with Gasteiger partial charge in [-0.1, -0.05) is 19.1 Å². The van der Waals surface area contributed by atoms with Gasteiger partial charge in [-0.15, -0.1) is 12.4 Å². The minimum absolute atomic E-state index is 0. The van der Waals surface area contributed by atoms with E-state index in [2.05, 4.69) is 11.8 Å². The van der Waals surface area contributed by atoms with Crippen LogP contribution in [0.2, 0.25) is 0 Å². The molecule has 1 aliphatic carbocycles. The molecule has 0 aromatic heterocycles. The van der Waals surface area contributed by atoms with E-state index in [0.717, 1.165) is 67.6 Å². The summed E-state index contributed by atoms with van der Waals surface area (Å²) < 4.78 is 18.9. The van der Waals surface area contributed by atoms with Crippen molar-refractivity contribution in [2.45, 2.75) is 57.6 Å². The Morgan fingerprint density at radius 2 is 1.90 bits per heavy atom. The standard InChI is InChI=1S/C24H28FNO2.ClH/c1-2-14-26-15-4-3-12-24(26)13-11-19-16-21(9-10-22(19)23(24)27)28-17-18-5-7-20(25)8-6-18;/h5-10,16H,2-4,11-15,17H2,1H3;1H. The van der Waals surface area contributed by atoms with E-state index < -0.39 is 0 Å². The molecule has 29 heavy (non-hydrogen) atoms. The molecule has 2 aromatic carbocycles. The van der Waals surface area contributed by atoms with Gasteiger partial charge in [0, 0.05) is 5.56 Å². The first kappa shape index (κ1) is 21.8. The quantitative estimate of drug-likeness (QED) is 0.635. The number of Topliss-reactive ketones (excluding diaryl/α,β-unsaturated/α-hetero) is 1. The summed E-state index contributed by atoms with van der Waals surface area (Å²) in [7, 11) is 0. The van der Waals surface area contributed by atoms with Crippen molar-refractivity contribution in [3.05, 3.63) is 65.0 Å². The van der Waals surface area contributed by atoms with Gasteiger partial charge in [0.25, 0.3) is 0 Å². The predicted molar refractivity (Wildman–Crippen MR) is 116 cm³/mol. The summed E-state index contributed by atoms with van der Waals surface area (Å²) in [6.45, 7) is 4.61. The van der Waals surface area contributed by atoms with Crippen molar-refractivity contribution in [2.24, 2.45) is 0 Å². The maximum Gasteiger partial charge on any atom is 0.183 e. The molecule has 5 heteroatoms. The first-order valence-corrected chi connectivity index (χ1v) is 10.4. The third kappa shape index (κ3) is 4.34. The van der Waals surface area contributed by atoms with E-state index in [-0.39, 0.29) is 23.8 Å². The number of halogens is 2. The number of aryl methyl sites for hydroxylation is 1. The highest BCUT2D eigenvalue weighted by molar-refractivity contribution is 6.05. The number of benzene rings is 2. The normalized spacial score (nSPS) is 21.5. The lowest BCUT2D eigenvalue weighted by Gasteiger charge is -2.48. The van der Waals surface area contributed by atoms with Crippen LogP contribution in [0.15, 0.2) is 42.5 Å². The molecule has 1 heterocycles. The molecule has 0 saturated carbocycles. The van der Waals surface area contributed by atoms with Crippen molar-refractivity contribution in [3.8, 4) is 5.75 Å². The molecule has 1 atom stereocenters. The fourth-order valence-electron chi connectivity index (χ4n) is 4.77. The summed E-state index contributed by atoms with van der Waals surface area (Å²) >= 11 is 0. The van der Waals surface area contributed by atoms with Crippen LogP contribution in [-0.4, -0.2) is 29.3 Å². The number of carbonyl (C=O) groups is 1. The molecule has 0 radical (unpaired) electrons. The lowest BCUT2D eigenvalue weighted by molar-refractivity contribution is 0.0293. The summed E-state index contributed by atoms with van der Waals surface area (Å²) in [4.78, 5) is 15.9. The number of fused-ring (bicyclic) bond motifs is 1. The third-order valence-electron chi connectivity index (χ3n) is 6.24. The fraction of sp³-hybridized carbons (Fsp3) is 0.458. The van der Waals surface area contributed by atoms with E-state index in [1.165, 1.54) is 18.6 Å². The Balaban J connectivity index is 0.00000240. The molecule has 1 saturated heterocycles. The van der Waals surface area contributed by atoms with Crippen LogP contribution in [0.4, 0.5) is 4.39 Å². The van der Waals surface area contributed by atoms with Crippen molar-refractivity contribution >= 4 is 18.2 Å². The van der Waals surface area contributed by atoms with Gasteiger partial charge in [-0.05, 0) is 93.1 Å². The SMILES string of the molecule is CCCN1CCCCC12CCc1cc(OCc3ccc(F)cc3)ccc1C2=O.Cl. The van der Waals surface area contributed by atoms with E-state index in [4.69, 9.17) is 4.74 Å². The van der Waals surface area contributed by atoms with Gasteiger partial charge in [0.15, 0.2) is 5.78 Å². The number of hydrogen-bond acceptors (Lipinski definition) is 3. The molecule has 3 nitrogen and oxygen atoms in total. The zero-order valence-corrected chi connectivity index (χ0v) is 17.8. The minimum Gasteiger partial charge on any atom is -0.489 e. The Hall–Kier alpha value is -1.91. The first-order valence-electron chi connectivity index (χ1n) is 10.4. The van der Waals surface area contributed by atoms with Gasteiger partial charge in [-0.2, -0.15) is 0 Å². The van der Waals surface area contributed by atoms with Crippen molar-refractivity contribution < 1.29 is 13.9 Å². The summed E-state index contributed by atoms with van der Waals surface area (Å²) in [5, 5.41) is 0. The van der Waals surface area contributed by atoms with E-state index >= 15 is 0 Å². The lowest BCUT2D eigenvalue weighted by Crippen LogP contribution is -2.59. The summed E-state index contributed by atoms with van der Waals surface area (Å²) in [6, 6.07) is 12.2. The van der Waals surface area contributed by atoms with Crippen LogP contribution in [0, 0.1) is 5.82 Å². The Morgan fingerprint density at radius 3 is 2.66 bits per heavy atom. The zero-order valence-electron chi connectivity index (χ0n) is 17.0. The Bertz CT molecular complexity index is 852. The predicted octanol–water partition coefficient (Wildman–Crippen LogP) is 5.59. The Labute approximate surface area is 178 Å². The van der Waals surface area contributed by atoms with Crippen LogP contribution >= 0.6 is 12.4 Å². The van der Waals surface area contributed by atoms with Gasteiger partial charge < -0.3 is 4.74 Å². The molecule has 1 spiro atoms. The van der Waals surface area contributed by atoms with E-state index in [1.807, 2.05) is 18.2 Å². The summed E-state index contributed by atoms with van der Waals surface area (Å²) in [5.74, 6) is 0.817. The second-order valence-electron chi connectivity index (χ2n) is 8.04. The molecule has 2 aliphatic rings. The van der Waals surface area contributed by atoms with Gasteiger partial charge in [0.2, 0.25) is 0 Å². The molecule has 0 bridgehead atoms. The van der Waals surface area contributed by atoms with Gasteiger partial charge in [-0.3, -0.25) is 9.69 Å². The average molecular weight is 418 g/mol. The largest absolute Gasteiger partial charge is 0.489 e. The maximum atomic E-state index is 13.5. The average Bonchev–Trinajstić information content (AvgIpc) is 2.72. The number of piperidine rings is 1. The van der Waals surface area contributed by atoms with Crippen LogP contribution in [0.5, 0.6) is 5.75 Å². The Morgan fingerprint density at radius 1 is 1.10 bits per heavy atom. The van der Waals surface area contributed by atoms with Crippen LogP contribution in [0.25, 0.3) is 0 Å². The number of ketones is 1. The molecule has 1 fully saturated rings. The molecule has 0 amide bonds. The third-order valence-corrected chi connectivity index (χ3v) is 6.24. The van der Waals surface area contributed by atoms with Crippen molar-refractivity contribution in [2.75, 3.05) is 13.1 Å². The van der Waals surface area contributed by atoms with Crippen LogP contribution in [0.3, 0.4) is 0 Å². The topological polar surface area (TPSA) is 29.5 Å². The molecule has 1 unspecified atom stereocenters. The monoisotopic (exact) mass is 417 g/mol. The van der Waals surface area contributed by atoms with Gasteiger partial charge in [0.1, 0.15) is 18.2 Å². The summed E-state index contributed by atoms with van der Waals surface area (Å²) in [5.41, 5.74) is 2.58. The van der Waals surface area contributed by atoms with Crippen molar-refractivity contribution in [3.63, 3.8) is 0 Å². The first-order chi connectivity index (χ1) is 13.6. The van der Waals surface area contributed by atoms with Gasteiger partial charge in [0.05, 0.1) is 5.54 Å². The van der Waals surface area contributed by atoms with Crippen molar-refractivity contribution in [1.29, 1.82) is 0 Å². The van der Waals surface area contributed by atoms with E-state index in [0.29, 0.717) is 12.4 Å². The second-order valence-corrected chi connectivity index (χ2v) is 8.04. The molecule has 1 aliphatic heterocycles. The lowest BCUT2D eigenvalue weighted by atomic mass is 9.71. The highest BCUT2D eigenvalue weighted by Gasteiger charge is 2.47. The Kier molecular flexibility index (Phi) is 6.97. The zero-order chi connectivity index (χ0) is 19.6. The van der Waals surface area contributed by atoms with Crippen molar-refractivity contribution in [1.82, 2.24) is 4.90 Å². The molecular formula is C24H29ClFNO2. The number of carbonyl (C=O) groups excluding carboxylic acids is 1. The number of likely N-dealkylation sites (tertiary alicyclic amines) is 1. The fourth-order valence-corrected chi connectivity index (χ4v) is 4.77. The number of hydrogen-bond donors (Lipinski definition) is 0. The molecule has 156 valence electrons. The highest BCUT2D eigenvalue weighted by Crippen LogP contribution is 2.40. The molecule has 2 aromatic rings. The van der Waals surface area contributed by atoms with Crippen LogP contribution in [0.1, 0.15) is 60.5 Å². The van der Waals surface area contributed by atoms with Gasteiger partial charge in [-0.25, -0.2) is 4.39 Å². The number of ether oxygens (including phenoxy) is 1. The number of rotatable bonds is 5.